The fourth-order valence-corrected chi connectivity index (χ4v) is 10.9. The number of aliphatic hydroxyl groups excluding tert-OH is 5. The molecule has 84 heavy (non-hydrogen) atoms. The zero-order valence-corrected chi connectivity index (χ0v) is 54.4. The molecule has 6 N–H and O–H groups in total. The normalized spacial score (nSPS) is 18.8. The summed E-state index contributed by atoms with van der Waals surface area (Å²) in [6.45, 7) is 3.75. The van der Waals surface area contributed by atoms with Crippen molar-refractivity contribution < 1.29 is 39.8 Å². The number of carbonyl (C=O) groups excluding carboxylic acids is 1. The van der Waals surface area contributed by atoms with Crippen LogP contribution in [0, 0.1) is 0 Å². The van der Waals surface area contributed by atoms with Gasteiger partial charge in [0.15, 0.2) is 6.29 Å². The Bertz CT molecular complexity index is 1650. The zero-order chi connectivity index (χ0) is 60.7. The van der Waals surface area contributed by atoms with Crippen LogP contribution in [0.2, 0.25) is 0 Å². The van der Waals surface area contributed by atoms with E-state index in [-0.39, 0.29) is 12.5 Å². The van der Waals surface area contributed by atoms with Crippen LogP contribution in [-0.2, 0) is 14.3 Å². The average molecular weight is 1180 g/mol. The molecule has 9 heteroatoms. The molecule has 1 heterocycles. The van der Waals surface area contributed by atoms with E-state index in [9.17, 15) is 30.3 Å². The van der Waals surface area contributed by atoms with Gasteiger partial charge in [-0.2, -0.15) is 0 Å². The summed E-state index contributed by atoms with van der Waals surface area (Å²) in [4.78, 5) is 13.2. The molecule has 1 saturated heterocycles. The van der Waals surface area contributed by atoms with Crippen molar-refractivity contribution in [3.8, 4) is 0 Å². The average Bonchev–Trinajstić information content (AvgIpc) is 3.70. The summed E-state index contributed by atoms with van der Waals surface area (Å²) in [5.74, 6) is -0.153. The van der Waals surface area contributed by atoms with Crippen LogP contribution in [0.1, 0.15) is 316 Å². The highest BCUT2D eigenvalue weighted by Gasteiger charge is 2.44. The molecule has 1 aliphatic heterocycles. The Balaban J connectivity index is 2.15. The van der Waals surface area contributed by atoms with Crippen LogP contribution in [0.15, 0.2) is 97.2 Å². The number of hydrogen-bond donors (Lipinski definition) is 6. The van der Waals surface area contributed by atoms with Crippen molar-refractivity contribution in [3.05, 3.63) is 97.2 Å². The first kappa shape index (κ1) is 79.1. The second-order valence-electron chi connectivity index (χ2n) is 24.3. The summed E-state index contributed by atoms with van der Waals surface area (Å²) in [7, 11) is 0. The Morgan fingerprint density at radius 3 is 1.10 bits per heavy atom. The van der Waals surface area contributed by atoms with E-state index in [0.29, 0.717) is 12.8 Å². The quantitative estimate of drug-likeness (QED) is 0.0261. The maximum Gasteiger partial charge on any atom is 0.220 e. The molecule has 486 valence electrons. The molecule has 0 saturated carbocycles. The number of amides is 1. The van der Waals surface area contributed by atoms with Crippen LogP contribution >= 0.6 is 0 Å². The number of carbonyl (C=O) groups is 1. The molecule has 0 radical (unpaired) electrons. The molecule has 0 spiro atoms. The Morgan fingerprint density at radius 1 is 0.417 bits per heavy atom. The molecule has 7 unspecified atom stereocenters. The van der Waals surface area contributed by atoms with E-state index in [2.05, 4.69) is 116 Å². The highest BCUT2D eigenvalue weighted by atomic mass is 16.7. The van der Waals surface area contributed by atoms with Crippen LogP contribution in [0.25, 0.3) is 0 Å². The van der Waals surface area contributed by atoms with E-state index < -0.39 is 49.5 Å². The van der Waals surface area contributed by atoms with Crippen molar-refractivity contribution in [1.82, 2.24) is 5.32 Å². The first-order valence-corrected chi connectivity index (χ1v) is 35.4. The minimum Gasteiger partial charge on any atom is -0.394 e. The van der Waals surface area contributed by atoms with Gasteiger partial charge in [-0.25, -0.2) is 0 Å². The lowest BCUT2D eigenvalue weighted by atomic mass is 9.99. The molecule has 9 nitrogen and oxygen atoms in total. The largest absolute Gasteiger partial charge is 0.394 e. The van der Waals surface area contributed by atoms with Gasteiger partial charge in [0, 0.05) is 6.42 Å². The Hall–Kier alpha value is -2.89. The first-order valence-electron chi connectivity index (χ1n) is 35.4. The van der Waals surface area contributed by atoms with Gasteiger partial charge in [0.2, 0.25) is 5.91 Å². The molecule has 0 aromatic rings. The van der Waals surface area contributed by atoms with Crippen molar-refractivity contribution in [3.63, 3.8) is 0 Å². The summed E-state index contributed by atoms with van der Waals surface area (Å²) in [5, 5.41) is 55.0. The fraction of sp³-hybridized carbons (Fsp3) is 0.773. The number of ether oxygens (including phenoxy) is 2. The van der Waals surface area contributed by atoms with Crippen molar-refractivity contribution in [2.24, 2.45) is 0 Å². The standard InChI is InChI=1S/C75H133NO8/c1-3-5-7-9-11-13-15-17-19-21-23-25-27-29-31-33-34-35-36-37-39-41-43-45-47-49-51-53-55-57-59-61-63-65-71(79)76-68(67-83-75-74(82)73(81)72(80)70(66-77)84-75)69(78)64-62-60-58-56-54-52-50-48-46-44-42-40-38-32-30-28-26-24-22-20-18-16-14-12-10-8-6-4-2/h5,7,11,13,17,19,23,25,29,31,34-35,37,39,43,45,68-70,72-75,77-78,80-82H,3-4,6,8-10,12,14-16,18,20-22,24,26-28,30,32-33,36,38,40-42,44,46-67H2,1-2H3,(H,76,79)/b7-5-,13-11-,19-17-,25-23-,31-29-,35-34-,39-37-,45-43-. The predicted octanol–water partition coefficient (Wildman–Crippen LogP) is 19.5. The monoisotopic (exact) mass is 1180 g/mol. The van der Waals surface area contributed by atoms with Gasteiger partial charge in [-0.3, -0.25) is 4.79 Å². The maximum absolute atomic E-state index is 13.2. The summed E-state index contributed by atoms with van der Waals surface area (Å²) in [6, 6.07) is -0.732. The van der Waals surface area contributed by atoms with E-state index in [0.717, 1.165) is 103 Å². The SMILES string of the molecule is CC/C=C\C/C=C\C/C=C\C/C=C\C/C=C\C/C=C\C/C=C\C/C=C\CCCCCCCCCCC(=O)NC(COC1OC(CO)C(O)C(O)C1O)C(O)CCCCCCCCCCCCCCCCCCCCCCCCCCCCCC. The third kappa shape index (κ3) is 51.2. The molecule has 1 amide bonds. The lowest BCUT2D eigenvalue weighted by molar-refractivity contribution is -0.302. The van der Waals surface area contributed by atoms with E-state index in [4.69, 9.17) is 9.47 Å². The zero-order valence-electron chi connectivity index (χ0n) is 54.4. The topological polar surface area (TPSA) is 149 Å². The molecular weight excluding hydrogens is 1040 g/mol. The third-order valence-electron chi connectivity index (χ3n) is 16.5. The fourth-order valence-electron chi connectivity index (χ4n) is 10.9. The number of aliphatic hydroxyl groups is 5. The molecular formula is C75H133NO8. The second-order valence-corrected chi connectivity index (χ2v) is 24.3. The van der Waals surface area contributed by atoms with Crippen LogP contribution in [-0.4, -0.2) is 87.5 Å². The Kier molecular flexibility index (Phi) is 59.5. The lowest BCUT2D eigenvalue weighted by Gasteiger charge is -2.40. The lowest BCUT2D eigenvalue weighted by Crippen LogP contribution is -2.60. The van der Waals surface area contributed by atoms with Gasteiger partial charge in [0.25, 0.3) is 0 Å². The van der Waals surface area contributed by atoms with Gasteiger partial charge < -0.3 is 40.3 Å². The molecule has 0 aromatic heterocycles. The Morgan fingerprint density at radius 2 is 0.738 bits per heavy atom. The first-order chi connectivity index (χ1) is 41.3. The second kappa shape index (κ2) is 63.1. The molecule has 0 aromatic carbocycles. The number of allylic oxidation sites excluding steroid dienone is 16. The van der Waals surface area contributed by atoms with E-state index >= 15 is 0 Å². The van der Waals surface area contributed by atoms with Crippen LogP contribution in [0.4, 0.5) is 0 Å². The van der Waals surface area contributed by atoms with Crippen LogP contribution in [0.5, 0.6) is 0 Å². The van der Waals surface area contributed by atoms with Crippen molar-refractivity contribution in [1.29, 1.82) is 0 Å². The molecule has 1 rings (SSSR count). The Labute approximate surface area is 517 Å². The summed E-state index contributed by atoms with van der Waals surface area (Å²) in [6.07, 6.45) is 84.6. The van der Waals surface area contributed by atoms with Gasteiger partial charge in [0.1, 0.15) is 24.4 Å². The highest BCUT2D eigenvalue weighted by molar-refractivity contribution is 5.76. The predicted molar refractivity (Wildman–Crippen MR) is 359 cm³/mol. The summed E-state index contributed by atoms with van der Waals surface area (Å²) < 4.78 is 11.4. The molecule has 0 aliphatic carbocycles. The summed E-state index contributed by atoms with van der Waals surface area (Å²) in [5.41, 5.74) is 0. The number of hydrogen-bond acceptors (Lipinski definition) is 8. The molecule has 1 aliphatic rings. The van der Waals surface area contributed by atoms with E-state index in [1.807, 2.05) is 0 Å². The maximum atomic E-state index is 13.2. The van der Waals surface area contributed by atoms with E-state index in [1.54, 1.807) is 0 Å². The van der Waals surface area contributed by atoms with Crippen molar-refractivity contribution >= 4 is 5.91 Å². The number of rotatable bonds is 61. The van der Waals surface area contributed by atoms with Crippen LogP contribution < -0.4 is 5.32 Å². The third-order valence-corrected chi connectivity index (χ3v) is 16.5. The van der Waals surface area contributed by atoms with Gasteiger partial charge in [-0.05, 0) is 77.0 Å². The smallest absolute Gasteiger partial charge is 0.220 e. The van der Waals surface area contributed by atoms with Crippen molar-refractivity contribution in [2.45, 2.75) is 358 Å². The minimum absolute atomic E-state index is 0.145. The molecule has 1 fully saturated rings. The van der Waals surface area contributed by atoms with Gasteiger partial charge in [-0.15, -0.1) is 0 Å². The van der Waals surface area contributed by atoms with Gasteiger partial charge in [0.05, 0.1) is 25.4 Å². The highest BCUT2D eigenvalue weighted by Crippen LogP contribution is 2.24. The van der Waals surface area contributed by atoms with Gasteiger partial charge in [-0.1, -0.05) is 329 Å². The number of unbranched alkanes of at least 4 members (excludes halogenated alkanes) is 35. The van der Waals surface area contributed by atoms with Crippen LogP contribution in [0.3, 0.4) is 0 Å². The van der Waals surface area contributed by atoms with Crippen molar-refractivity contribution in [2.75, 3.05) is 13.2 Å². The minimum atomic E-state index is -1.56. The summed E-state index contributed by atoms with van der Waals surface area (Å²) >= 11 is 0. The van der Waals surface area contributed by atoms with E-state index in [1.165, 1.54) is 186 Å². The number of nitrogens with one attached hydrogen (secondary N) is 1. The molecule has 0 bridgehead atoms. The van der Waals surface area contributed by atoms with Gasteiger partial charge >= 0.3 is 0 Å². The molecule has 7 atom stereocenters.